The van der Waals surface area contributed by atoms with Crippen LogP contribution in [0.25, 0.3) is 11.5 Å². The van der Waals surface area contributed by atoms with Crippen LogP contribution in [0.1, 0.15) is 12.8 Å². The van der Waals surface area contributed by atoms with Crippen molar-refractivity contribution in [2.45, 2.75) is 17.7 Å². The van der Waals surface area contributed by atoms with Crippen LogP contribution >= 0.6 is 34.5 Å². The second-order valence-electron chi connectivity index (χ2n) is 5.43. The van der Waals surface area contributed by atoms with Crippen LogP contribution in [0.5, 0.6) is 0 Å². The first kappa shape index (κ1) is 19.8. The van der Waals surface area contributed by atoms with Crippen LogP contribution in [0, 0.1) is 0 Å². The van der Waals surface area contributed by atoms with E-state index in [-0.39, 0.29) is 35.4 Å². The number of amides is 1. The summed E-state index contributed by atoms with van der Waals surface area (Å²) in [5, 5.41) is 9.97. The third-order valence-corrected chi connectivity index (χ3v) is 6.78. The molecule has 0 bridgehead atoms. The number of benzene rings is 1. The van der Waals surface area contributed by atoms with Crippen LogP contribution in [0.3, 0.4) is 0 Å². The fourth-order valence-corrected chi connectivity index (χ4v) is 5.00. The molecule has 7 nitrogen and oxygen atoms in total. The van der Waals surface area contributed by atoms with Gasteiger partial charge in [-0.2, -0.15) is 0 Å². The fourth-order valence-electron chi connectivity index (χ4n) is 2.22. The molecular weight excluding hydrogens is 433 g/mol. The monoisotopic (exact) mass is 445 g/mol. The number of thiophene rings is 1. The molecule has 2 heterocycles. The van der Waals surface area contributed by atoms with Gasteiger partial charge in [-0.05, 0) is 24.6 Å². The number of anilines is 1. The third-order valence-electron chi connectivity index (χ3n) is 3.48. The lowest BCUT2D eigenvalue weighted by Crippen LogP contribution is -2.14. The standard InChI is InChI=1S/C16H13Cl2N3O4S2/c17-12-9-11(14(18)26-12)15-20-21-16(25-15)19-13(22)7-4-8-27(23,24)10-5-2-1-3-6-10/h1-3,5-6,9H,4,7-8H2,(H,19,21,22). The SMILES string of the molecule is O=C(CCCS(=O)(=O)c1ccccc1)Nc1nnc(-c2cc(Cl)sc2Cl)o1. The molecule has 1 N–H and O–H groups in total. The Hall–Kier alpha value is -1.94. The first-order valence-electron chi connectivity index (χ1n) is 7.71. The third kappa shape index (κ3) is 5.07. The lowest BCUT2D eigenvalue weighted by atomic mass is 10.3. The number of carbonyl (C=O) groups is 1. The molecule has 0 aliphatic rings. The van der Waals surface area contributed by atoms with Crippen molar-refractivity contribution in [3.63, 3.8) is 0 Å². The van der Waals surface area contributed by atoms with Gasteiger partial charge in [-0.1, -0.05) is 46.5 Å². The minimum absolute atomic E-state index is 0.00515. The molecule has 1 amide bonds. The minimum atomic E-state index is -3.42. The molecule has 142 valence electrons. The smallest absolute Gasteiger partial charge is 0.322 e. The van der Waals surface area contributed by atoms with E-state index in [1.165, 1.54) is 12.1 Å². The van der Waals surface area contributed by atoms with Gasteiger partial charge in [0.25, 0.3) is 5.89 Å². The Morgan fingerprint density at radius 1 is 1.19 bits per heavy atom. The Balaban J connectivity index is 1.54. The molecule has 0 spiro atoms. The average Bonchev–Trinajstić information content (AvgIpc) is 3.21. The summed E-state index contributed by atoms with van der Waals surface area (Å²) in [5.41, 5.74) is 0.480. The van der Waals surface area contributed by atoms with Gasteiger partial charge in [0.2, 0.25) is 5.91 Å². The number of hydrogen-bond acceptors (Lipinski definition) is 7. The summed E-state index contributed by atoms with van der Waals surface area (Å²) in [6.07, 6.45) is 0.158. The number of nitrogens with zero attached hydrogens (tertiary/aromatic N) is 2. The molecular formula is C16H13Cl2N3O4S2. The maximum Gasteiger partial charge on any atom is 0.322 e. The first-order chi connectivity index (χ1) is 12.8. The summed E-state index contributed by atoms with van der Waals surface area (Å²) in [5.74, 6) is -0.435. The highest BCUT2D eigenvalue weighted by atomic mass is 35.5. The molecule has 3 aromatic rings. The van der Waals surface area contributed by atoms with Crippen molar-refractivity contribution in [2.75, 3.05) is 11.1 Å². The minimum Gasteiger partial charge on any atom is -0.403 e. The zero-order chi connectivity index (χ0) is 19.4. The van der Waals surface area contributed by atoms with E-state index in [4.69, 9.17) is 27.6 Å². The van der Waals surface area contributed by atoms with Crippen LogP contribution in [0.15, 0.2) is 45.7 Å². The molecule has 27 heavy (non-hydrogen) atoms. The maximum absolute atomic E-state index is 12.2. The lowest BCUT2D eigenvalue weighted by molar-refractivity contribution is -0.116. The Morgan fingerprint density at radius 2 is 1.93 bits per heavy atom. The maximum atomic E-state index is 12.2. The highest BCUT2D eigenvalue weighted by molar-refractivity contribution is 7.91. The molecule has 11 heteroatoms. The molecule has 0 aliphatic carbocycles. The van der Waals surface area contributed by atoms with Crippen LogP contribution in [0.2, 0.25) is 8.67 Å². The van der Waals surface area contributed by atoms with E-state index < -0.39 is 15.7 Å². The van der Waals surface area contributed by atoms with E-state index in [9.17, 15) is 13.2 Å². The van der Waals surface area contributed by atoms with Gasteiger partial charge in [0.05, 0.1) is 20.5 Å². The van der Waals surface area contributed by atoms with E-state index >= 15 is 0 Å². The highest BCUT2D eigenvalue weighted by Crippen LogP contribution is 2.37. The second-order valence-corrected chi connectivity index (χ2v) is 9.83. The molecule has 0 fully saturated rings. The molecule has 1 aromatic carbocycles. The van der Waals surface area contributed by atoms with Crippen LogP contribution in [-0.2, 0) is 14.6 Å². The molecule has 0 saturated carbocycles. The van der Waals surface area contributed by atoms with Gasteiger partial charge in [0.15, 0.2) is 9.84 Å². The Kier molecular flexibility index (Phi) is 6.15. The number of rotatable bonds is 7. The Labute approximate surface area is 169 Å². The largest absolute Gasteiger partial charge is 0.403 e. The van der Waals surface area contributed by atoms with Gasteiger partial charge in [0, 0.05) is 6.42 Å². The molecule has 0 saturated heterocycles. The van der Waals surface area contributed by atoms with Gasteiger partial charge in [-0.15, -0.1) is 16.4 Å². The number of sulfone groups is 1. The van der Waals surface area contributed by atoms with Crippen molar-refractivity contribution in [2.24, 2.45) is 0 Å². The Bertz CT molecular complexity index is 1050. The van der Waals surface area contributed by atoms with Gasteiger partial charge < -0.3 is 4.42 Å². The number of carbonyl (C=O) groups excluding carboxylic acids is 1. The fraction of sp³-hybridized carbons (Fsp3) is 0.188. The zero-order valence-electron chi connectivity index (χ0n) is 13.7. The summed E-state index contributed by atoms with van der Waals surface area (Å²) in [7, 11) is -3.42. The summed E-state index contributed by atoms with van der Waals surface area (Å²) < 4.78 is 30.6. The average molecular weight is 446 g/mol. The predicted octanol–water partition coefficient (Wildman–Crippen LogP) is 4.30. The number of nitrogens with one attached hydrogen (secondary N) is 1. The zero-order valence-corrected chi connectivity index (χ0v) is 16.8. The van der Waals surface area contributed by atoms with Crippen molar-refractivity contribution >= 4 is 56.3 Å². The number of aromatic nitrogens is 2. The quantitative estimate of drug-likeness (QED) is 0.581. The van der Waals surface area contributed by atoms with Crippen molar-refractivity contribution in [1.29, 1.82) is 0 Å². The van der Waals surface area contributed by atoms with Crippen molar-refractivity contribution < 1.29 is 17.6 Å². The van der Waals surface area contributed by atoms with E-state index in [0.717, 1.165) is 11.3 Å². The molecule has 0 atom stereocenters. The Morgan fingerprint density at radius 3 is 2.59 bits per heavy atom. The number of halogens is 2. The van der Waals surface area contributed by atoms with Crippen molar-refractivity contribution in [3.05, 3.63) is 45.1 Å². The molecule has 0 unspecified atom stereocenters. The summed E-state index contributed by atoms with van der Waals surface area (Å²) >= 11 is 13.0. The van der Waals surface area contributed by atoms with Crippen LogP contribution in [0.4, 0.5) is 6.01 Å². The van der Waals surface area contributed by atoms with Gasteiger partial charge in [-0.25, -0.2) is 8.42 Å². The first-order valence-corrected chi connectivity index (χ1v) is 10.9. The molecule has 0 radical (unpaired) electrons. The highest BCUT2D eigenvalue weighted by Gasteiger charge is 2.18. The van der Waals surface area contributed by atoms with E-state index in [0.29, 0.717) is 14.2 Å². The van der Waals surface area contributed by atoms with Gasteiger partial charge >= 0.3 is 6.01 Å². The summed E-state index contributed by atoms with van der Waals surface area (Å²) in [4.78, 5) is 12.2. The van der Waals surface area contributed by atoms with Crippen LogP contribution < -0.4 is 5.32 Å². The molecule has 2 aromatic heterocycles. The van der Waals surface area contributed by atoms with Crippen molar-refractivity contribution in [3.8, 4) is 11.5 Å². The normalized spacial score (nSPS) is 11.5. The predicted molar refractivity (Wildman–Crippen MR) is 104 cm³/mol. The molecule has 0 aliphatic heterocycles. The summed E-state index contributed by atoms with van der Waals surface area (Å²) in [6, 6.07) is 9.58. The number of hydrogen-bond donors (Lipinski definition) is 1. The van der Waals surface area contributed by atoms with Gasteiger partial charge in [-0.3, -0.25) is 10.1 Å². The van der Waals surface area contributed by atoms with E-state index in [2.05, 4.69) is 15.5 Å². The van der Waals surface area contributed by atoms with Crippen molar-refractivity contribution in [1.82, 2.24) is 10.2 Å². The van der Waals surface area contributed by atoms with E-state index in [1.807, 2.05) is 0 Å². The lowest BCUT2D eigenvalue weighted by Gasteiger charge is -2.04. The topological polar surface area (TPSA) is 102 Å². The van der Waals surface area contributed by atoms with Gasteiger partial charge in [0.1, 0.15) is 4.34 Å². The van der Waals surface area contributed by atoms with E-state index in [1.54, 1.807) is 24.3 Å². The van der Waals surface area contributed by atoms with Crippen LogP contribution in [-0.4, -0.2) is 30.3 Å². The summed E-state index contributed by atoms with van der Waals surface area (Å²) in [6.45, 7) is 0. The second kappa shape index (κ2) is 8.39. The molecule has 3 rings (SSSR count).